The predicted octanol–water partition coefficient (Wildman–Crippen LogP) is 2.68. The third-order valence-electron chi connectivity index (χ3n) is 3.73. The number of benzene rings is 1. The molecule has 9 heteroatoms. The molecule has 0 spiro atoms. The molecule has 0 unspecified atom stereocenters. The monoisotopic (exact) mass is 359 g/mol. The zero-order valence-corrected chi connectivity index (χ0v) is 13.9. The van der Waals surface area contributed by atoms with Gasteiger partial charge in [0.25, 0.3) is 5.91 Å². The fraction of sp³-hybridized carbons (Fsp3) is 0.375. The maximum Gasteiger partial charge on any atom is 0.419 e. The van der Waals surface area contributed by atoms with E-state index < -0.39 is 29.0 Å². The third-order valence-corrected chi connectivity index (χ3v) is 3.73. The Bertz CT molecular complexity index is 850. The number of rotatable bonds is 4. The summed E-state index contributed by atoms with van der Waals surface area (Å²) in [6.07, 6.45) is -4.89. The van der Waals surface area contributed by atoms with E-state index in [0.717, 1.165) is 17.8 Å². The number of hydrogen-bond acceptors (Lipinski definition) is 2. The number of amides is 1. The van der Waals surface area contributed by atoms with Gasteiger partial charge in [0.05, 0.1) is 24.3 Å². The lowest BCUT2D eigenvalue weighted by molar-refractivity contribution is -0.140. The summed E-state index contributed by atoms with van der Waals surface area (Å²) in [6, 6.07) is 4.12. The van der Waals surface area contributed by atoms with Gasteiger partial charge in [-0.15, -0.1) is 0 Å². The molecular formula is C16H17F4N3O2. The molecule has 0 radical (unpaired) electrons. The summed E-state index contributed by atoms with van der Waals surface area (Å²) in [6.45, 7) is 2.49. The summed E-state index contributed by atoms with van der Waals surface area (Å²) in [5.74, 6) is -2.71. The zero-order valence-electron chi connectivity index (χ0n) is 13.9. The molecule has 1 amide bonds. The maximum atomic E-state index is 14.1. The first-order valence-corrected chi connectivity index (χ1v) is 7.34. The molecule has 0 saturated heterocycles. The summed E-state index contributed by atoms with van der Waals surface area (Å²) >= 11 is 0. The van der Waals surface area contributed by atoms with E-state index >= 15 is 0 Å². The van der Waals surface area contributed by atoms with Crippen LogP contribution >= 0.6 is 0 Å². The van der Waals surface area contributed by atoms with Crippen molar-refractivity contribution in [2.75, 3.05) is 13.7 Å². The van der Waals surface area contributed by atoms with E-state index in [4.69, 9.17) is 4.74 Å². The van der Waals surface area contributed by atoms with Crippen molar-refractivity contribution in [3.63, 3.8) is 0 Å². The second kappa shape index (κ2) is 7.22. The van der Waals surface area contributed by atoms with Crippen LogP contribution in [-0.4, -0.2) is 29.0 Å². The lowest BCUT2D eigenvalue weighted by Crippen LogP contribution is -2.26. The highest BCUT2D eigenvalue weighted by Gasteiger charge is 2.35. The number of hydrogen-bond donors (Lipinski definition) is 0. The van der Waals surface area contributed by atoms with Gasteiger partial charge in [0.15, 0.2) is 5.49 Å². The molecule has 1 aromatic heterocycles. The normalized spacial score (nSPS) is 12.7. The number of carbonyl (C=O) groups excluding carboxylic acids is 1. The average Bonchev–Trinajstić information content (AvgIpc) is 2.78. The molecule has 5 nitrogen and oxygen atoms in total. The van der Waals surface area contributed by atoms with Crippen molar-refractivity contribution >= 4 is 5.91 Å². The van der Waals surface area contributed by atoms with Crippen LogP contribution in [0.4, 0.5) is 17.6 Å². The molecular weight excluding hydrogens is 342 g/mol. The summed E-state index contributed by atoms with van der Waals surface area (Å²) in [5, 5.41) is 0. The van der Waals surface area contributed by atoms with Gasteiger partial charge in [-0.2, -0.15) is 18.2 Å². The highest BCUT2D eigenvalue weighted by Crippen LogP contribution is 2.32. The summed E-state index contributed by atoms with van der Waals surface area (Å²) in [5.41, 5.74) is -1.24. The lowest BCUT2D eigenvalue weighted by Gasteiger charge is -2.10. The molecule has 0 N–H and O–H groups in total. The van der Waals surface area contributed by atoms with Crippen LogP contribution in [0.2, 0.25) is 0 Å². The molecule has 136 valence electrons. The Balaban J connectivity index is 2.50. The predicted molar refractivity (Wildman–Crippen MR) is 81.3 cm³/mol. The topological polar surface area (TPSA) is 48.5 Å². The van der Waals surface area contributed by atoms with Crippen molar-refractivity contribution in [2.24, 2.45) is 12.0 Å². The molecule has 0 bridgehead atoms. The second-order valence-electron chi connectivity index (χ2n) is 5.37. The minimum Gasteiger partial charge on any atom is -0.383 e. The average molecular weight is 359 g/mol. The van der Waals surface area contributed by atoms with Gasteiger partial charge in [-0.3, -0.25) is 14.2 Å². The molecule has 0 saturated carbocycles. The SMILES string of the molecule is COCCn1c(=NC(=O)c2cccc(C(F)(F)F)c2F)cc(C)n1C. The molecule has 2 rings (SSSR count). The number of aromatic nitrogens is 2. The first-order chi connectivity index (χ1) is 11.7. The van der Waals surface area contributed by atoms with E-state index in [0.29, 0.717) is 19.2 Å². The fourth-order valence-electron chi connectivity index (χ4n) is 2.31. The van der Waals surface area contributed by atoms with Crippen LogP contribution in [0.15, 0.2) is 29.3 Å². The van der Waals surface area contributed by atoms with E-state index in [1.165, 1.54) is 7.11 Å². The second-order valence-corrected chi connectivity index (χ2v) is 5.37. The van der Waals surface area contributed by atoms with Gasteiger partial charge < -0.3 is 4.74 Å². The largest absolute Gasteiger partial charge is 0.419 e. The van der Waals surface area contributed by atoms with Crippen LogP contribution in [0.25, 0.3) is 0 Å². The smallest absolute Gasteiger partial charge is 0.383 e. The quantitative estimate of drug-likeness (QED) is 0.788. The van der Waals surface area contributed by atoms with Crippen molar-refractivity contribution in [1.29, 1.82) is 0 Å². The maximum absolute atomic E-state index is 14.1. The molecule has 0 atom stereocenters. The van der Waals surface area contributed by atoms with E-state index in [1.54, 1.807) is 29.4 Å². The number of methoxy groups -OCH3 is 1. The molecule has 2 aromatic rings. The van der Waals surface area contributed by atoms with E-state index in [-0.39, 0.29) is 5.49 Å². The highest BCUT2D eigenvalue weighted by molar-refractivity contribution is 5.95. The number of halogens is 4. The fourth-order valence-corrected chi connectivity index (χ4v) is 2.31. The highest BCUT2D eigenvalue weighted by atomic mass is 19.4. The van der Waals surface area contributed by atoms with Gasteiger partial charge in [-0.1, -0.05) is 6.07 Å². The van der Waals surface area contributed by atoms with Crippen LogP contribution in [0.3, 0.4) is 0 Å². The molecule has 1 aromatic carbocycles. The first kappa shape index (κ1) is 18.9. The van der Waals surface area contributed by atoms with Gasteiger partial charge >= 0.3 is 6.18 Å². The molecule has 0 aliphatic carbocycles. The number of alkyl halides is 3. The molecule has 0 aliphatic heterocycles. The summed E-state index contributed by atoms with van der Waals surface area (Å²) in [4.78, 5) is 16.0. The zero-order chi connectivity index (χ0) is 18.8. The van der Waals surface area contributed by atoms with Crippen LogP contribution in [0, 0.1) is 12.7 Å². The summed E-state index contributed by atoms with van der Waals surface area (Å²) < 4.78 is 60.7. The molecule has 1 heterocycles. The Morgan fingerprint density at radius 1 is 1.32 bits per heavy atom. The molecule has 25 heavy (non-hydrogen) atoms. The molecule has 0 aliphatic rings. The minimum atomic E-state index is -4.89. The number of nitrogens with zero attached hydrogens (tertiary/aromatic N) is 3. The van der Waals surface area contributed by atoms with Gasteiger partial charge in [0.2, 0.25) is 0 Å². The van der Waals surface area contributed by atoms with E-state index in [1.807, 2.05) is 0 Å². The van der Waals surface area contributed by atoms with Crippen molar-refractivity contribution in [2.45, 2.75) is 19.6 Å². The van der Waals surface area contributed by atoms with Gasteiger partial charge in [-0.05, 0) is 19.1 Å². The van der Waals surface area contributed by atoms with Crippen molar-refractivity contribution in [3.05, 3.63) is 52.4 Å². The Hall–Kier alpha value is -2.42. The van der Waals surface area contributed by atoms with Crippen LogP contribution in [0.1, 0.15) is 21.6 Å². The standard InChI is InChI=1S/C16H17F4N3O2/c1-10-9-13(23(22(10)2)7-8-25-3)21-15(24)11-5-4-6-12(14(11)17)16(18,19)20/h4-6,9H,7-8H2,1-3H3. The van der Waals surface area contributed by atoms with Gasteiger partial charge in [-0.25, -0.2) is 4.39 Å². The van der Waals surface area contributed by atoms with Crippen LogP contribution in [0.5, 0.6) is 0 Å². The van der Waals surface area contributed by atoms with Crippen LogP contribution in [-0.2, 0) is 24.5 Å². The number of aryl methyl sites for hydroxylation is 1. The Morgan fingerprint density at radius 3 is 2.60 bits per heavy atom. The van der Waals surface area contributed by atoms with E-state index in [2.05, 4.69) is 4.99 Å². The Labute approximate surface area is 141 Å². The van der Waals surface area contributed by atoms with Crippen LogP contribution < -0.4 is 5.49 Å². The third kappa shape index (κ3) is 3.98. The van der Waals surface area contributed by atoms with Crippen molar-refractivity contribution < 1.29 is 27.1 Å². The Morgan fingerprint density at radius 2 is 2.00 bits per heavy atom. The van der Waals surface area contributed by atoms with Gasteiger partial charge in [0, 0.05) is 25.9 Å². The number of carbonyl (C=O) groups is 1. The number of ether oxygens (including phenoxy) is 1. The first-order valence-electron chi connectivity index (χ1n) is 7.34. The summed E-state index contributed by atoms with van der Waals surface area (Å²) in [7, 11) is 3.25. The molecule has 0 fully saturated rings. The van der Waals surface area contributed by atoms with E-state index in [9.17, 15) is 22.4 Å². The van der Waals surface area contributed by atoms with Crippen molar-refractivity contribution in [1.82, 2.24) is 9.36 Å². The minimum absolute atomic E-state index is 0.207. The van der Waals surface area contributed by atoms with Gasteiger partial charge in [0.1, 0.15) is 5.82 Å². The Kier molecular flexibility index (Phi) is 5.46. The lowest BCUT2D eigenvalue weighted by atomic mass is 10.1. The van der Waals surface area contributed by atoms with Crippen molar-refractivity contribution in [3.8, 4) is 0 Å².